The summed E-state index contributed by atoms with van der Waals surface area (Å²) < 4.78 is 4.72. The molecule has 0 bridgehead atoms. The average Bonchev–Trinajstić information content (AvgIpc) is 2.89. The smallest absolute Gasteiger partial charge is 0.337 e. The molecule has 2 rings (SSSR count). The average molecular weight is 233 g/mol. The minimum atomic E-state index is -0.256. The lowest BCUT2D eigenvalue weighted by molar-refractivity contribution is 0.0600. The van der Waals surface area contributed by atoms with Crippen molar-refractivity contribution in [1.82, 2.24) is 4.90 Å². The zero-order valence-electron chi connectivity index (χ0n) is 10.3. The molecular weight excluding hydrogens is 214 g/mol. The minimum Gasteiger partial charge on any atom is -0.465 e. The van der Waals surface area contributed by atoms with Crippen LogP contribution in [-0.4, -0.2) is 37.6 Å². The summed E-state index contributed by atoms with van der Waals surface area (Å²) in [7, 11) is 1.42. The van der Waals surface area contributed by atoms with Crippen LogP contribution in [0.25, 0.3) is 0 Å². The Morgan fingerprint density at radius 1 is 1.35 bits per heavy atom. The van der Waals surface area contributed by atoms with E-state index in [1.807, 2.05) is 12.1 Å². The summed E-state index contributed by atoms with van der Waals surface area (Å²) >= 11 is 0. The quantitative estimate of drug-likeness (QED) is 0.746. The monoisotopic (exact) mass is 233 g/mol. The molecule has 1 aromatic rings. The highest BCUT2D eigenvalue weighted by Crippen LogP contribution is 2.11. The molecule has 1 aromatic carbocycles. The van der Waals surface area contributed by atoms with E-state index in [0.717, 1.165) is 13.0 Å². The molecule has 0 N–H and O–H groups in total. The summed E-state index contributed by atoms with van der Waals surface area (Å²) in [6.07, 6.45) is 3.65. The molecule has 0 atom stereocenters. The first-order valence-corrected chi connectivity index (χ1v) is 6.19. The van der Waals surface area contributed by atoms with Crippen LogP contribution >= 0.6 is 0 Å². The maximum atomic E-state index is 11.4. The molecule has 1 fully saturated rings. The Bertz CT molecular complexity index is 384. The van der Waals surface area contributed by atoms with Crippen LogP contribution in [-0.2, 0) is 11.2 Å². The largest absolute Gasteiger partial charge is 0.465 e. The Morgan fingerprint density at radius 3 is 2.82 bits per heavy atom. The van der Waals surface area contributed by atoms with E-state index in [1.54, 1.807) is 6.07 Å². The predicted molar refractivity (Wildman–Crippen MR) is 67.2 cm³/mol. The van der Waals surface area contributed by atoms with Gasteiger partial charge in [0.25, 0.3) is 0 Å². The maximum absolute atomic E-state index is 11.4. The van der Waals surface area contributed by atoms with Crippen molar-refractivity contribution in [3.05, 3.63) is 35.4 Å². The predicted octanol–water partition coefficient (Wildman–Crippen LogP) is 2.11. The fraction of sp³-hybridized carbons (Fsp3) is 0.500. The third-order valence-corrected chi connectivity index (χ3v) is 3.26. The van der Waals surface area contributed by atoms with Gasteiger partial charge in [-0.3, -0.25) is 0 Å². The van der Waals surface area contributed by atoms with E-state index in [-0.39, 0.29) is 5.97 Å². The van der Waals surface area contributed by atoms with Crippen molar-refractivity contribution in [3.8, 4) is 0 Å². The zero-order chi connectivity index (χ0) is 12.1. The highest BCUT2D eigenvalue weighted by atomic mass is 16.5. The zero-order valence-corrected chi connectivity index (χ0v) is 10.3. The summed E-state index contributed by atoms with van der Waals surface area (Å²) in [5.74, 6) is -0.256. The van der Waals surface area contributed by atoms with Crippen molar-refractivity contribution in [1.29, 1.82) is 0 Å². The molecule has 0 aliphatic carbocycles. The van der Waals surface area contributed by atoms with Gasteiger partial charge in [0, 0.05) is 6.54 Å². The topological polar surface area (TPSA) is 29.5 Å². The van der Waals surface area contributed by atoms with Gasteiger partial charge in [0.15, 0.2) is 0 Å². The summed E-state index contributed by atoms with van der Waals surface area (Å²) in [5, 5.41) is 0. The van der Waals surface area contributed by atoms with Crippen LogP contribution in [0.1, 0.15) is 28.8 Å². The molecule has 0 amide bonds. The second-order valence-electron chi connectivity index (χ2n) is 4.49. The number of rotatable bonds is 4. The third-order valence-electron chi connectivity index (χ3n) is 3.26. The minimum absolute atomic E-state index is 0.256. The Balaban J connectivity index is 1.93. The van der Waals surface area contributed by atoms with E-state index in [1.165, 1.54) is 38.6 Å². The van der Waals surface area contributed by atoms with E-state index < -0.39 is 0 Å². The summed E-state index contributed by atoms with van der Waals surface area (Å²) in [5.41, 5.74) is 1.85. The molecule has 17 heavy (non-hydrogen) atoms. The van der Waals surface area contributed by atoms with Gasteiger partial charge in [0.2, 0.25) is 0 Å². The Kier molecular flexibility index (Phi) is 4.15. The number of methoxy groups -OCH3 is 1. The van der Waals surface area contributed by atoms with Crippen LogP contribution in [0.15, 0.2) is 24.3 Å². The molecule has 3 heteroatoms. The third kappa shape index (κ3) is 3.30. The highest BCUT2D eigenvalue weighted by molar-refractivity contribution is 5.89. The number of nitrogens with zero attached hydrogens (tertiary/aromatic N) is 1. The van der Waals surface area contributed by atoms with E-state index in [4.69, 9.17) is 4.74 Å². The van der Waals surface area contributed by atoms with Crippen LogP contribution in [0.3, 0.4) is 0 Å². The first-order valence-electron chi connectivity index (χ1n) is 6.19. The van der Waals surface area contributed by atoms with Crippen LogP contribution in [0.5, 0.6) is 0 Å². The molecular formula is C14H19NO2. The van der Waals surface area contributed by atoms with E-state index >= 15 is 0 Å². The molecule has 0 radical (unpaired) electrons. The van der Waals surface area contributed by atoms with Gasteiger partial charge in [-0.2, -0.15) is 0 Å². The van der Waals surface area contributed by atoms with Gasteiger partial charge >= 0.3 is 5.97 Å². The maximum Gasteiger partial charge on any atom is 0.337 e. The number of carbonyl (C=O) groups is 1. The van der Waals surface area contributed by atoms with Gasteiger partial charge in [-0.25, -0.2) is 4.79 Å². The number of carbonyl (C=O) groups excluding carboxylic acids is 1. The van der Waals surface area contributed by atoms with Crippen molar-refractivity contribution in [2.24, 2.45) is 0 Å². The number of hydrogen-bond donors (Lipinski definition) is 0. The van der Waals surface area contributed by atoms with Crippen LogP contribution in [0, 0.1) is 0 Å². The van der Waals surface area contributed by atoms with E-state index in [0.29, 0.717) is 5.56 Å². The molecule has 0 unspecified atom stereocenters. The first kappa shape index (κ1) is 12.1. The molecule has 0 saturated carbocycles. The second kappa shape index (κ2) is 5.82. The fourth-order valence-corrected chi connectivity index (χ4v) is 2.27. The molecule has 1 saturated heterocycles. The van der Waals surface area contributed by atoms with Crippen molar-refractivity contribution in [2.75, 3.05) is 26.7 Å². The van der Waals surface area contributed by atoms with Crippen molar-refractivity contribution in [3.63, 3.8) is 0 Å². The van der Waals surface area contributed by atoms with Crippen LogP contribution in [0.2, 0.25) is 0 Å². The summed E-state index contributed by atoms with van der Waals surface area (Å²) in [4.78, 5) is 13.9. The van der Waals surface area contributed by atoms with E-state index in [9.17, 15) is 4.79 Å². The number of esters is 1. The summed E-state index contributed by atoms with van der Waals surface area (Å²) in [6, 6.07) is 7.72. The number of hydrogen-bond acceptors (Lipinski definition) is 3. The van der Waals surface area contributed by atoms with Crippen molar-refractivity contribution >= 4 is 5.97 Å². The first-order chi connectivity index (χ1) is 8.29. The highest BCUT2D eigenvalue weighted by Gasteiger charge is 2.11. The SMILES string of the molecule is COC(=O)c1cccc(CCN2CCCC2)c1. The fourth-order valence-electron chi connectivity index (χ4n) is 2.27. The molecule has 0 aromatic heterocycles. The molecule has 3 nitrogen and oxygen atoms in total. The van der Waals surface area contributed by atoms with Gasteiger partial charge in [-0.1, -0.05) is 12.1 Å². The van der Waals surface area contributed by atoms with Gasteiger partial charge in [-0.05, 0) is 50.0 Å². The normalized spacial score (nSPS) is 16.1. The molecule has 0 spiro atoms. The lowest BCUT2D eigenvalue weighted by Crippen LogP contribution is -2.22. The van der Waals surface area contributed by atoms with Crippen molar-refractivity contribution < 1.29 is 9.53 Å². The molecule has 1 heterocycles. The number of ether oxygens (including phenoxy) is 1. The molecule has 1 aliphatic rings. The van der Waals surface area contributed by atoms with Gasteiger partial charge < -0.3 is 9.64 Å². The Hall–Kier alpha value is -1.35. The van der Waals surface area contributed by atoms with Gasteiger partial charge in [0.05, 0.1) is 12.7 Å². The lowest BCUT2D eigenvalue weighted by Gasteiger charge is -2.14. The Labute approximate surface area is 102 Å². The van der Waals surface area contributed by atoms with Gasteiger partial charge in [0.1, 0.15) is 0 Å². The Morgan fingerprint density at radius 2 is 2.12 bits per heavy atom. The van der Waals surface area contributed by atoms with Crippen LogP contribution < -0.4 is 0 Å². The molecule has 1 aliphatic heterocycles. The summed E-state index contributed by atoms with van der Waals surface area (Å²) in [6.45, 7) is 3.53. The van der Waals surface area contributed by atoms with Gasteiger partial charge in [-0.15, -0.1) is 0 Å². The number of likely N-dealkylation sites (tertiary alicyclic amines) is 1. The molecule has 92 valence electrons. The van der Waals surface area contributed by atoms with Crippen LogP contribution in [0.4, 0.5) is 0 Å². The standard InChI is InChI=1S/C14H19NO2/c1-17-14(16)13-6-4-5-12(11-13)7-10-15-8-2-3-9-15/h4-6,11H,2-3,7-10H2,1H3. The number of benzene rings is 1. The van der Waals surface area contributed by atoms with E-state index in [2.05, 4.69) is 11.0 Å². The lowest BCUT2D eigenvalue weighted by atomic mass is 10.1. The van der Waals surface area contributed by atoms with Crippen molar-refractivity contribution in [2.45, 2.75) is 19.3 Å². The second-order valence-corrected chi connectivity index (χ2v) is 4.49.